The number of quaternary nitrogens is 1. The van der Waals surface area contributed by atoms with Crippen molar-refractivity contribution < 1.29 is 13.3 Å². The summed E-state index contributed by atoms with van der Waals surface area (Å²) in [5, 5.41) is 2.00. The zero-order chi connectivity index (χ0) is 18.0. The van der Waals surface area contributed by atoms with Crippen molar-refractivity contribution in [3.63, 3.8) is 0 Å². The molecule has 2 aromatic carbocycles. The highest BCUT2D eigenvalue weighted by molar-refractivity contribution is 7.89. The molecule has 1 N–H and O–H groups in total. The Morgan fingerprint density at radius 2 is 1.65 bits per heavy atom. The van der Waals surface area contributed by atoms with Crippen LogP contribution in [0.3, 0.4) is 0 Å². The lowest BCUT2D eigenvalue weighted by atomic mass is 10.1. The van der Waals surface area contributed by atoms with Gasteiger partial charge in [-0.2, -0.15) is 4.31 Å². The van der Waals surface area contributed by atoms with Crippen molar-refractivity contribution in [1.82, 2.24) is 9.29 Å². The molecule has 0 saturated carbocycles. The third-order valence-corrected chi connectivity index (χ3v) is 6.84. The van der Waals surface area contributed by atoms with Crippen LogP contribution < -0.4 is 4.90 Å². The van der Waals surface area contributed by atoms with Gasteiger partial charge >= 0.3 is 0 Å². The predicted octanol–water partition coefficient (Wildman–Crippen LogP) is 1.32. The third-order valence-electron chi connectivity index (χ3n) is 4.95. The lowest BCUT2D eigenvalue weighted by Gasteiger charge is -2.31. The summed E-state index contributed by atoms with van der Waals surface area (Å²) in [5.74, 6) is 0. The van der Waals surface area contributed by atoms with Crippen molar-refractivity contribution in [3.8, 4) is 0 Å². The number of pyridine rings is 1. The Kier molecular flexibility index (Phi) is 4.72. The maximum absolute atomic E-state index is 13.0. The quantitative estimate of drug-likeness (QED) is 0.756. The molecule has 0 unspecified atom stereocenters. The monoisotopic (exact) mass is 368 g/mol. The van der Waals surface area contributed by atoms with Crippen molar-refractivity contribution in [1.29, 1.82) is 0 Å². The molecule has 1 saturated heterocycles. The Bertz CT molecular complexity index is 998. The minimum atomic E-state index is -3.45. The van der Waals surface area contributed by atoms with Crippen molar-refractivity contribution in [2.45, 2.75) is 11.4 Å². The number of fused-ring (bicyclic) bond motifs is 1. The van der Waals surface area contributed by atoms with Gasteiger partial charge in [-0.15, -0.1) is 0 Å². The lowest BCUT2D eigenvalue weighted by Crippen LogP contribution is -3.13. The lowest BCUT2D eigenvalue weighted by molar-refractivity contribution is -0.917. The van der Waals surface area contributed by atoms with E-state index in [2.05, 4.69) is 4.98 Å². The van der Waals surface area contributed by atoms with Crippen LogP contribution in [-0.2, 0) is 16.6 Å². The summed E-state index contributed by atoms with van der Waals surface area (Å²) in [6.45, 7) is 3.51. The number of nitrogens with one attached hydrogen (secondary N) is 1. The summed E-state index contributed by atoms with van der Waals surface area (Å²) in [5.41, 5.74) is 1.05. The molecule has 4 rings (SSSR count). The van der Waals surface area contributed by atoms with E-state index in [1.807, 2.05) is 48.5 Å². The van der Waals surface area contributed by atoms with E-state index in [9.17, 15) is 8.42 Å². The molecule has 5 nitrogen and oxygen atoms in total. The van der Waals surface area contributed by atoms with E-state index in [0.717, 1.165) is 36.1 Å². The summed E-state index contributed by atoms with van der Waals surface area (Å²) < 4.78 is 27.6. The second-order valence-corrected chi connectivity index (χ2v) is 8.60. The van der Waals surface area contributed by atoms with E-state index in [4.69, 9.17) is 0 Å². The summed E-state index contributed by atoms with van der Waals surface area (Å²) in [6, 6.07) is 19.1. The number of piperazine rings is 1. The van der Waals surface area contributed by atoms with Crippen LogP contribution in [0.15, 0.2) is 71.8 Å². The highest BCUT2D eigenvalue weighted by atomic mass is 32.2. The molecule has 0 radical (unpaired) electrons. The van der Waals surface area contributed by atoms with Crippen LogP contribution in [0.25, 0.3) is 10.8 Å². The van der Waals surface area contributed by atoms with Gasteiger partial charge in [0.15, 0.2) is 0 Å². The van der Waals surface area contributed by atoms with E-state index in [1.165, 1.54) is 4.90 Å². The number of sulfonamides is 1. The van der Waals surface area contributed by atoms with Crippen molar-refractivity contribution in [2.75, 3.05) is 26.2 Å². The first-order chi connectivity index (χ1) is 12.6. The fourth-order valence-corrected chi connectivity index (χ4v) is 4.93. The van der Waals surface area contributed by atoms with Crippen LogP contribution >= 0.6 is 0 Å². The molecule has 1 aliphatic heterocycles. The minimum absolute atomic E-state index is 0.379. The number of hydrogen-bond acceptors (Lipinski definition) is 3. The highest BCUT2D eigenvalue weighted by Gasteiger charge is 2.30. The van der Waals surface area contributed by atoms with Gasteiger partial charge in [-0.05, 0) is 35.0 Å². The van der Waals surface area contributed by atoms with Crippen LogP contribution in [-0.4, -0.2) is 43.9 Å². The first-order valence-electron chi connectivity index (χ1n) is 8.85. The smallest absolute Gasteiger partial charge is 0.243 e. The molecular weight excluding hydrogens is 346 g/mol. The Hall–Kier alpha value is -2.28. The van der Waals surface area contributed by atoms with Gasteiger partial charge in [0.05, 0.1) is 36.8 Å². The normalized spacial score (nSPS) is 16.8. The fraction of sp³-hybridized carbons (Fsp3) is 0.250. The molecule has 1 fully saturated rings. The number of rotatable bonds is 4. The molecule has 1 aromatic heterocycles. The van der Waals surface area contributed by atoms with Gasteiger partial charge in [-0.1, -0.05) is 36.4 Å². The van der Waals surface area contributed by atoms with Crippen molar-refractivity contribution in [3.05, 3.63) is 72.6 Å². The Balaban J connectivity index is 1.47. The molecule has 1 aliphatic rings. The summed E-state index contributed by atoms with van der Waals surface area (Å²) in [4.78, 5) is 6.11. The van der Waals surface area contributed by atoms with Gasteiger partial charge in [0, 0.05) is 6.20 Å². The topological polar surface area (TPSA) is 54.7 Å². The van der Waals surface area contributed by atoms with Crippen LogP contribution in [0.1, 0.15) is 5.69 Å². The second kappa shape index (κ2) is 7.15. The maximum atomic E-state index is 13.0. The molecule has 2 heterocycles. The standard InChI is InChI=1S/C20H21N3O2S/c24-26(25,20-9-8-17-5-1-2-6-18(17)15-20)23-13-11-22(12-14-23)16-19-7-3-4-10-21-19/h1-10,15H,11-14,16H2/p+1. The molecule has 6 heteroatoms. The maximum Gasteiger partial charge on any atom is 0.243 e. The molecule has 0 amide bonds. The first kappa shape index (κ1) is 17.1. The van der Waals surface area contributed by atoms with Crippen LogP contribution in [0.5, 0.6) is 0 Å². The predicted molar refractivity (Wildman–Crippen MR) is 101 cm³/mol. The van der Waals surface area contributed by atoms with E-state index in [-0.39, 0.29) is 0 Å². The minimum Gasteiger partial charge on any atom is -0.328 e. The third kappa shape index (κ3) is 3.49. The molecule has 3 aromatic rings. The largest absolute Gasteiger partial charge is 0.328 e. The van der Waals surface area contributed by atoms with Crippen LogP contribution in [0.4, 0.5) is 0 Å². The molecule has 0 aliphatic carbocycles. The average Bonchev–Trinajstić information content (AvgIpc) is 2.69. The Morgan fingerprint density at radius 3 is 2.38 bits per heavy atom. The molecule has 0 spiro atoms. The van der Waals surface area contributed by atoms with Crippen LogP contribution in [0, 0.1) is 0 Å². The molecule has 134 valence electrons. The van der Waals surface area contributed by atoms with E-state index < -0.39 is 10.0 Å². The number of benzene rings is 2. The number of nitrogens with zero attached hydrogens (tertiary/aromatic N) is 2. The molecular formula is C20H22N3O2S+. The van der Waals surface area contributed by atoms with E-state index >= 15 is 0 Å². The Labute approximate surface area is 153 Å². The van der Waals surface area contributed by atoms with Gasteiger partial charge in [0.25, 0.3) is 0 Å². The van der Waals surface area contributed by atoms with Gasteiger partial charge in [-0.25, -0.2) is 8.42 Å². The van der Waals surface area contributed by atoms with Crippen molar-refractivity contribution >= 4 is 20.8 Å². The highest BCUT2D eigenvalue weighted by Crippen LogP contribution is 2.21. The van der Waals surface area contributed by atoms with Gasteiger partial charge in [0.2, 0.25) is 10.0 Å². The van der Waals surface area contributed by atoms with Crippen molar-refractivity contribution in [2.24, 2.45) is 0 Å². The molecule has 26 heavy (non-hydrogen) atoms. The summed E-state index contributed by atoms with van der Waals surface area (Å²) in [6.07, 6.45) is 1.80. The van der Waals surface area contributed by atoms with E-state index in [0.29, 0.717) is 18.0 Å². The fourth-order valence-electron chi connectivity index (χ4n) is 3.46. The van der Waals surface area contributed by atoms with Gasteiger partial charge in [-0.3, -0.25) is 4.98 Å². The average molecular weight is 368 g/mol. The summed E-state index contributed by atoms with van der Waals surface area (Å²) >= 11 is 0. The number of aromatic nitrogens is 1. The van der Waals surface area contributed by atoms with E-state index in [1.54, 1.807) is 22.6 Å². The molecule has 0 atom stereocenters. The number of hydrogen-bond donors (Lipinski definition) is 1. The zero-order valence-electron chi connectivity index (χ0n) is 14.5. The van der Waals surface area contributed by atoms with Gasteiger partial charge in [0.1, 0.15) is 6.54 Å². The first-order valence-corrected chi connectivity index (χ1v) is 10.3. The SMILES string of the molecule is O=S(=O)(c1ccc2ccccc2c1)N1CC[NH+](Cc2ccccn2)CC1. The zero-order valence-corrected chi connectivity index (χ0v) is 15.3. The van der Waals surface area contributed by atoms with Crippen LogP contribution in [0.2, 0.25) is 0 Å². The molecule has 0 bridgehead atoms. The summed E-state index contributed by atoms with van der Waals surface area (Å²) in [7, 11) is -3.45. The Morgan fingerprint density at radius 1 is 0.923 bits per heavy atom. The van der Waals surface area contributed by atoms with Gasteiger partial charge < -0.3 is 4.90 Å². The second-order valence-electron chi connectivity index (χ2n) is 6.66.